The van der Waals surface area contributed by atoms with Crippen molar-refractivity contribution in [3.63, 3.8) is 0 Å². The van der Waals surface area contributed by atoms with Gasteiger partial charge in [-0.05, 0) is 37.5 Å². The highest BCUT2D eigenvalue weighted by Gasteiger charge is 2.09. The molecule has 1 aromatic carbocycles. The number of rotatable bonds is 7. The zero-order chi connectivity index (χ0) is 13.5. The molecular formula is C15H22O3. The standard InChI is InChI=1S/C15H22O3/c1-11(2)7-12(3)18-10-14-8-13(9-16)5-6-15(14)17-4/h5-6,8-9,11-12H,7,10H2,1-4H3. The van der Waals surface area contributed by atoms with Gasteiger partial charge in [0.2, 0.25) is 0 Å². The highest BCUT2D eigenvalue weighted by Crippen LogP contribution is 2.21. The van der Waals surface area contributed by atoms with Gasteiger partial charge in [0, 0.05) is 11.1 Å². The molecule has 0 radical (unpaired) electrons. The van der Waals surface area contributed by atoms with E-state index < -0.39 is 0 Å². The Morgan fingerprint density at radius 1 is 1.28 bits per heavy atom. The predicted molar refractivity (Wildman–Crippen MR) is 72.1 cm³/mol. The van der Waals surface area contributed by atoms with Crippen molar-refractivity contribution in [1.82, 2.24) is 0 Å². The minimum Gasteiger partial charge on any atom is -0.496 e. The quantitative estimate of drug-likeness (QED) is 0.695. The molecular weight excluding hydrogens is 228 g/mol. The number of hydrogen-bond donors (Lipinski definition) is 0. The summed E-state index contributed by atoms with van der Waals surface area (Å²) in [6, 6.07) is 5.36. The van der Waals surface area contributed by atoms with Crippen LogP contribution in [0.1, 0.15) is 43.1 Å². The monoisotopic (exact) mass is 250 g/mol. The molecule has 1 rings (SSSR count). The number of carbonyl (C=O) groups excluding carboxylic acids is 1. The number of hydrogen-bond acceptors (Lipinski definition) is 3. The van der Waals surface area contributed by atoms with Crippen LogP contribution in [0.25, 0.3) is 0 Å². The molecule has 0 spiro atoms. The third-order valence-electron chi connectivity index (χ3n) is 2.77. The fraction of sp³-hybridized carbons (Fsp3) is 0.533. The summed E-state index contributed by atoms with van der Waals surface area (Å²) < 4.78 is 11.0. The van der Waals surface area contributed by atoms with Crippen LogP contribution in [-0.4, -0.2) is 19.5 Å². The Hall–Kier alpha value is -1.35. The lowest BCUT2D eigenvalue weighted by Gasteiger charge is -2.16. The molecule has 0 amide bonds. The third kappa shape index (κ3) is 4.49. The average Bonchev–Trinajstić information content (AvgIpc) is 2.35. The van der Waals surface area contributed by atoms with Gasteiger partial charge in [0.15, 0.2) is 0 Å². The molecule has 18 heavy (non-hydrogen) atoms. The van der Waals surface area contributed by atoms with Crippen LogP contribution < -0.4 is 4.74 Å². The molecule has 0 saturated heterocycles. The molecule has 3 nitrogen and oxygen atoms in total. The van der Waals surface area contributed by atoms with Gasteiger partial charge in [-0.1, -0.05) is 13.8 Å². The molecule has 100 valence electrons. The number of carbonyl (C=O) groups is 1. The Bertz CT molecular complexity index is 385. The van der Waals surface area contributed by atoms with Crippen molar-refractivity contribution in [3.8, 4) is 5.75 Å². The van der Waals surface area contributed by atoms with E-state index in [2.05, 4.69) is 20.8 Å². The number of aldehydes is 1. The van der Waals surface area contributed by atoms with Gasteiger partial charge in [-0.25, -0.2) is 0 Å². The first-order chi connectivity index (χ1) is 8.56. The summed E-state index contributed by atoms with van der Waals surface area (Å²) in [6.45, 7) is 6.88. The van der Waals surface area contributed by atoms with Gasteiger partial charge in [0.25, 0.3) is 0 Å². The molecule has 0 fully saturated rings. The van der Waals surface area contributed by atoms with Gasteiger partial charge >= 0.3 is 0 Å². The van der Waals surface area contributed by atoms with E-state index in [1.165, 1.54) is 0 Å². The summed E-state index contributed by atoms with van der Waals surface area (Å²) in [5.41, 5.74) is 1.56. The normalized spacial score (nSPS) is 12.5. The van der Waals surface area contributed by atoms with Crippen LogP contribution in [0.4, 0.5) is 0 Å². The minimum absolute atomic E-state index is 0.203. The van der Waals surface area contributed by atoms with Gasteiger partial charge < -0.3 is 9.47 Å². The predicted octanol–water partition coefficient (Wildman–Crippen LogP) is 3.46. The summed E-state index contributed by atoms with van der Waals surface area (Å²) >= 11 is 0. The van der Waals surface area contributed by atoms with Crippen molar-refractivity contribution >= 4 is 6.29 Å². The fourth-order valence-corrected chi connectivity index (χ4v) is 1.95. The number of ether oxygens (including phenoxy) is 2. The van der Waals surface area contributed by atoms with E-state index in [0.717, 1.165) is 24.0 Å². The molecule has 3 heteroatoms. The molecule has 0 N–H and O–H groups in total. The van der Waals surface area contributed by atoms with Crippen molar-refractivity contribution < 1.29 is 14.3 Å². The van der Waals surface area contributed by atoms with Crippen LogP contribution in [0.15, 0.2) is 18.2 Å². The molecule has 0 saturated carbocycles. The van der Waals surface area contributed by atoms with Crippen LogP contribution in [-0.2, 0) is 11.3 Å². The third-order valence-corrected chi connectivity index (χ3v) is 2.77. The van der Waals surface area contributed by atoms with Gasteiger partial charge in [-0.3, -0.25) is 4.79 Å². The van der Waals surface area contributed by atoms with Gasteiger partial charge in [-0.2, -0.15) is 0 Å². The lowest BCUT2D eigenvalue weighted by molar-refractivity contribution is 0.0387. The lowest BCUT2D eigenvalue weighted by atomic mass is 10.1. The smallest absolute Gasteiger partial charge is 0.150 e. The summed E-state index contributed by atoms with van der Waals surface area (Å²) in [4.78, 5) is 10.8. The van der Waals surface area contributed by atoms with Crippen molar-refractivity contribution in [3.05, 3.63) is 29.3 Å². The maximum absolute atomic E-state index is 10.8. The van der Waals surface area contributed by atoms with Gasteiger partial charge in [0.1, 0.15) is 12.0 Å². The summed E-state index contributed by atoms with van der Waals surface area (Å²) in [7, 11) is 1.62. The minimum atomic E-state index is 0.203. The first-order valence-corrected chi connectivity index (χ1v) is 6.30. The lowest BCUT2D eigenvalue weighted by Crippen LogP contribution is -2.11. The second-order valence-electron chi connectivity index (χ2n) is 4.94. The highest BCUT2D eigenvalue weighted by atomic mass is 16.5. The zero-order valence-electron chi connectivity index (χ0n) is 11.6. The fourth-order valence-electron chi connectivity index (χ4n) is 1.95. The topological polar surface area (TPSA) is 35.5 Å². The van der Waals surface area contributed by atoms with Gasteiger partial charge in [0.05, 0.1) is 19.8 Å². The van der Waals surface area contributed by atoms with E-state index in [0.29, 0.717) is 18.1 Å². The first-order valence-electron chi connectivity index (χ1n) is 6.30. The van der Waals surface area contributed by atoms with E-state index in [1.807, 2.05) is 6.07 Å². The molecule has 0 bridgehead atoms. The summed E-state index contributed by atoms with van der Waals surface area (Å²) in [5, 5.41) is 0. The van der Waals surface area contributed by atoms with E-state index in [-0.39, 0.29) is 6.10 Å². The molecule has 1 aromatic rings. The molecule has 0 aliphatic carbocycles. The Kier molecular flexibility index (Phi) is 5.86. The second-order valence-corrected chi connectivity index (χ2v) is 4.94. The van der Waals surface area contributed by atoms with Crippen LogP contribution in [0, 0.1) is 5.92 Å². The Morgan fingerprint density at radius 3 is 2.56 bits per heavy atom. The molecule has 0 aliphatic heterocycles. The maximum atomic E-state index is 10.8. The van der Waals surface area contributed by atoms with Crippen LogP contribution in [0.3, 0.4) is 0 Å². The summed E-state index contributed by atoms with van der Waals surface area (Å²) in [5.74, 6) is 1.38. The number of benzene rings is 1. The molecule has 0 heterocycles. The Morgan fingerprint density at radius 2 is 2.00 bits per heavy atom. The van der Waals surface area contributed by atoms with Crippen LogP contribution >= 0.6 is 0 Å². The maximum Gasteiger partial charge on any atom is 0.150 e. The van der Waals surface area contributed by atoms with Crippen molar-refractivity contribution in [2.45, 2.75) is 39.9 Å². The molecule has 1 atom stereocenters. The summed E-state index contributed by atoms with van der Waals surface area (Å²) in [6.07, 6.45) is 2.06. The van der Waals surface area contributed by atoms with E-state index in [1.54, 1.807) is 19.2 Å². The van der Waals surface area contributed by atoms with Crippen molar-refractivity contribution in [2.75, 3.05) is 7.11 Å². The van der Waals surface area contributed by atoms with E-state index >= 15 is 0 Å². The first kappa shape index (κ1) is 14.7. The largest absolute Gasteiger partial charge is 0.496 e. The molecule has 0 aliphatic rings. The Balaban J connectivity index is 2.67. The highest BCUT2D eigenvalue weighted by molar-refractivity contribution is 5.75. The van der Waals surface area contributed by atoms with E-state index in [4.69, 9.17) is 9.47 Å². The van der Waals surface area contributed by atoms with Gasteiger partial charge in [-0.15, -0.1) is 0 Å². The Labute approximate surface area is 109 Å². The van der Waals surface area contributed by atoms with Crippen molar-refractivity contribution in [2.24, 2.45) is 5.92 Å². The number of methoxy groups -OCH3 is 1. The second kappa shape index (κ2) is 7.17. The van der Waals surface area contributed by atoms with Crippen LogP contribution in [0.2, 0.25) is 0 Å². The average molecular weight is 250 g/mol. The zero-order valence-corrected chi connectivity index (χ0v) is 11.6. The molecule has 0 aromatic heterocycles. The van der Waals surface area contributed by atoms with E-state index in [9.17, 15) is 4.79 Å². The van der Waals surface area contributed by atoms with Crippen LogP contribution in [0.5, 0.6) is 5.75 Å². The molecule has 1 unspecified atom stereocenters. The SMILES string of the molecule is COc1ccc(C=O)cc1COC(C)CC(C)C. The van der Waals surface area contributed by atoms with Crippen molar-refractivity contribution in [1.29, 1.82) is 0 Å².